The van der Waals surface area contributed by atoms with Gasteiger partial charge in [0, 0.05) is 18.1 Å². The number of hydrogen-bond donors (Lipinski definition) is 1. The predicted molar refractivity (Wildman–Crippen MR) is 79.7 cm³/mol. The molecule has 0 aliphatic carbocycles. The minimum Gasteiger partial charge on any atom is -0.464 e. The highest BCUT2D eigenvalue weighted by Gasteiger charge is 2.42. The second kappa shape index (κ2) is 6.80. The number of ether oxygens (including phenoxy) is 1. The number of nitrogens with one attached hydrogen (secondary N) is 1. The van der Waals surface area contributed by atoms with E-state index in [0.29, 0.717) is 18.9 Å². The first-order valence-electron chi connectivity index (χ1n) is 7.39. The van der Waals surface area contributed by atoms with E-state index in [1.54, 1.807) is 23.6 Å². The van der Waals surface area contributed by atoms with Gasteiger partial charge in [-0.25, -0.2) is 4.79 Å². The minimum absolute atomic E-state index is 0.0514. The number of amides is 1. The molecule has 0 aromatic rings. The molecule has 2 atom stereocenters. The maximum atomic E-state index is 12.8. The maximum Gasteiger partial charge on any atom is 0.329 e. The van der Waals surface area contributed by atoms with Crippen molar-refractivity contribution in [2.24, 2.45) is 0 Å². The zero-order valence-electron chi connectivity index (χ0n) is 12.3. The van der Waals surface area contributed by atoms with E-state index in [-0.39, 0.29) is 11.9 Å². The summed E-state index contributed by atoms with van der Waals surface area (Å²) in [6, 6.07) is -0.429. The maximum absolute atomic E-state index is 12.8. The molecule has 114 valence electrons. The van der Waals surface area contributed by atoms with E-state index in [2.05, 4.69) is 5.32 Å². The number of nitrogens with zero attached hydrogens (tertiary/aromatic N) is 1. The van der Waals surface area contributed by atoms with Gasteiger partial charge < -0.3 is 15.0 Å². The summed E-state index contributed by atoms with van der Waals surface area (Å²) in [5, 5.41) is 3.33. The minimum atomic E-state index is -0.523. The Morgan fingerprint density at radius 3 is 2.90 bits per heavy atom. The molecule has 2 saturated heterocycles. The third kappa shape index (κ3) is 3.28. The van der Waals surface area contributed by atoms with Gasteiger partial charge in [-0.2, -0.15) is 11.8 Å². The zero-order chi connectivity index (χ0) is 14.6. The molecule has 6 heteroatoms. The van der Waals surface area contributed by atoms with Crippen LogP contribution in [0.2, 0.25) is 0 Å². The number of rotatable bonds is 3. The standard InChI is InChI=1S/C14H24N2O3S/c1-3-19-12(17)11-10-20-9-8-16(11)13(18)14(2)6-4-5-7-15-14/h11,15H,3-10H2,1-2H3. The molecule has 2 unspecified atom stereocenters. The van der Waals surface area contributed by atoms with E-state index in [0.717, 1.165) is 31.6 Å². The Morgan fingerprint density at radius 2 is 2.25 bits per heavy atom. The quantitative estimate of drug-likeness (QED) is 0.789. The fourth-order valence-corrected chi connectivity index (χ4v) is 3.87. The van der Waals surface area contributed by atoms with Crippen LogP contribution >= 0.6 is 11.8 Å². The second-order valence-corrected chi connectivity index (χ2v) is 6.71. The topological polar surface area (TPSA) is 58.6 Å². The van der Waals surface area contributed by atoms with Crippen molar-refractivity contribution in [1.82, 2.24) is 10.2 Å². The smallest absolute Gasteiger partial charge is 0.329 e. The summed E-state index contributed by atoms with van der Waals surface area (Å²) in [5.74, 6) is 1.31. The van der Waals surface area contributed by atoms with E-state index < -0.39 is 11.6 Å². The average Bonchev–Trinajstić information content (AvgIpc) is 2.47. The molecule has 0 bridgehead atoms. The van der Waals surface area contributed by atoms with E-state index >= 15 is 0 Å². The molecule has 2 aliphatic rings. The van der Waals surface area contributed by atoms with Crippen LogP contribution in [0, 0.1) is 0 Å². The van der Waals surface area contributed by atoms with Crippen LogP contribution in [0.3, 0.4) is 0 Å². The molecule has 2 heterocycles. The first kappa shape index (κ1) is 15.6. The van der Waals surface area contributed by atoms with Crippen molar-refractivity contribution in [2.45, 2.75) is 44.7 Å². The second-order valence-electron chi connectivity index (χ2n) is 5.56. The van der Waals surface area contributed by atoms with Crippen molar-refractivity contribution in [2.75, 3.05) is 31.2 Å². The largest absolute Gasteiger partial charge is 0.464 e. The fraction of sp³-hybridized carbons (Fsp3) is 0.857. The molecule has 20 heavy (non-hydrogen) atoms. The number of piperidine rings is 1. The monoisotopic (exact) mass is 300 g/mol. The summed E-state index contributed by atoms with van der Waals surface area (Å²) >= 11 is 1.71. The van der Waals surface area contributed by atoms with Gasteiger partial charge in [-0.15, -0.1) is 0 Å². The van der Waals surface area contributed by atoms with Crippen LogP contribution < -0.4 is 5.32 Å². The van der Waals surface area contributed by atoms with Gasteiger partial charge in [0.25, 0.3) is 0 Å². The molecule has 0 saturated carbocycles. The molecule has 1 N–H and O–H groups in total. The molecule has 0 radical (unpaired) electrons. The first-order valence-corrected chi connectivity index (χ1v) is 8.54. The first-order chi connectivity index (χ1) is 9.58. The van der Waals surface area contributed by atoms with Crippen LogP contribution in [0.4, 0.5) is 0 Å². The van der Waals surface area contributed by atoms with Crippen molar-refractivity contribution in [1.29, 1.82) is 0 Å². The van der Waals surface area contributed by atoms with Crippen LogP contribution in [-0.4, -0.2) is 59.6 Å². The third-order valence-corrected chi connectivity index (χ3v) is 5.06. The van der Waals surface area contributed by atoms with Crippen LogP contribution in [0.15, 0.2) is 0 Å². The van der Waals surface area contributed by atoms with E-state index in [1.807, 2.05) is 6.92 Å². The van der Waals surface area contributed by atoms with Gasteiger partial charge >= 0.3 is 5.97 Å². The fourth-order valence-electron chi connectivity index (χ4n) is 2.84. The molecular weight excluding hydrogens is 276 g/mol. The Bertz CT molecular complexity index is 369. The van der Waals surface area contributed by atoms with E-state index in [1.165, 1.54) is 0 Å². The predicted octanol–water partition coefficient (Wildman–Crippen LogP) is 1.03. The lowest BCUT2D eigenvalue weighted by atomic mass is 9.89. The molecular formula is C14H24N2O3S. The van der Waals surface area contributed by atoms with Crippen molar-refractivity contribution in [3.63, 3.8) is 0 Å². The number of carbonyl (C=O) groups is 2. The number of hydrogen-bond acceptors (Lipinski definition) is 5. The van der Waals surface area contributed by atoms with E-state index in [9.17, 15) is 9.59 Å². The van der Waals surface area contributed by atoms with Crippen molar-refractivity contribution >= 4 is 23.6 Å². The highest BCUT2D eigenvalue weighted by Crippen LogP contribution is 2.26. The Morgan fingerprint density at radius 1 is 1.45 bits per heavy atom. The van der Waals surface area contributed by atoms with Crippen LogP contribution in [0.1, 0.15) is 33.1 Å². The van der Waals surface area contributed by atoms with Crippen molar-refractivity contribution in [3.05, 3.63) is 0 Å². The summed E-state index contributed by atoms with van der Waals surface area (Å²) < 4.78 is 5.12. The van der Waals surface area contributed by atoms with Gasteiger partial charge in [-0.3, -0.25) is 4.79 Å². The summed E-state index contributed by atoms with van der Waals surface area (Å²) in [4.78, 5) is 26.6. The molecule has 5 nitrogen and oxygen atoms in total. The Hall–Kier alpha value is -0.750. The van der Waals surface area contributed by atoms with Gasteiger partial charge in [0.1, 0.15) is 6.04 Å². The number of carbonyl (C=O) groups excluding carboxylic acids is 2. The average molecular weight is 300 g/mol. The summed E-state index contributed by atoms with van der Waals surface area (Å²) in [6.45, 7) is 5.61. The number of thioether (sulfide) groups is 1. The number of esters is 1. The summed E-state index contributed by atoms with van der Waals surface area (Å²) in [5.41, 5.74) is -0.523. The molecule has 0 spiro atoms. The lowest BCUT2D eigenvalue weighted by Crippen LogP contribution is -2.62. The van der Waals surface area contributed by atoms with E-state index in [4.69, 9.17) is 4.74 Å². The lowest BCUT2D eigenvalue weighted by molar-refractivity contribution is -0.156. The SMILES string of the molecule is CCOC(=O)C1CSCCN1C(=O)C1(C)CCCCN1. The third-order valence-electron chi connectivity index (χ3n) is 4.04. The van der Waals surface area contributed by atoms with Crippen LogP contribution in [0.25, 0.3) is 0 Å². The summed E-state index contributed by atoms with van der Waals surface area (Å²) in [6.07, 6.45) is 3.01. The Balaban J connectivity index is 2.10. The summed E-state index contributed by atoms with van der Waals surface area (Å²) in [7, 11) is 0. The molecule has 2 rings (SSSR count). The Kier molecular flexibility index (Phi) is 5.32. The molecule has 0 aromatic carbocycles. The van der Waals surface area contributed by atoms with Crippen LogP contribution in [-0.2, 0) is 14.3 Å². The van der Waals surface area contributed by atoms with Gasteiger partial charge in [0.2, 0.25) is 5.91 Å². The molecule has 0 aromatic heterocycles. The van der Waals surface area contributed by atoms with Gasteiger partial charge in [0.05, 0.1) is 12.1 Å². The Labute approximate surface area is 124 Å². The lowest BCUT2D eigenvalue weighted by Gasteiger charge is -2.42. The van der Waals surface area contributed by atoms with Gasteiger partial charge in [-0.1, -0.05) is 0 Å². The highest BCUT2D eigenvalue weighted by molar-refractivity contribution is 7.99. The van der Waals surface area contributed by atoms with Gasteiger partial charge in [-0.05, 0) is 39.7 Å². The molecule has 1 amide bonds. The van der Waals surface area contributed by atoms with Crippen molar-refractivity contribution < 1.29 is 14.3 Å². The normalized spacial score (nSPS) is 30.9. The highest BCUT2D eigenvalue weighted by atomic mass is 32.2. The van der Waals surface area contributed by atoms with Gasteiger partial charge in [0.15, 0.2) is 0 Å². The molecule has 2 aliphatic heterocycles. The van der Waals surface area contributed by atoms with Crippen molar-refractivity contribution in [3.8, 4) is 0 Å². The van der Waals surface area contributed by atoms with Crippen LogP contribution in [0.5, 0.6) is 0 Å². The molecule has 2 fully saturated rings. The zero-order valence-corrected chi connectivity index (χ0v) is 13.1.